The topological polar surface area (TPSA) is 171 Å². The number of aliphatic hydroxyl groups excluding tert-OH is 1. The number of nitrogens with two attached hydrogens (primary N) is 1. The number of nitrogens with one attached hydrogen (secondary N) is 3. The van der Waals surface area contributed by atoms with E-state index in [1.165, 1.54) is 13.8 Å². The van der Waals surface area contributed by atoms with Gasteiger partial charge in [-0.15, -0.1) is 0 Å². The Hall–Kier alpha value is -1.85. The Kier molecular flexibility index (Phi) is 11.0. The molecule has 0 aromatic heterocycles. The van der Waals surface area contributed by atoms with Crippen molar-refractivity contribution in [2.24, 2.45) is 11.7 Å². The molecule has 0 aromatic rings. The van der Waals surface area contributed by atoms with Crippen molar-refractivity contribution in [3.63, 3.8) is 0 Å². The van der Waals surface area contributed by atoms with Crippen molar-refractivity contribution >= 4 is 36.3 Å². The predicted molar refractivity (Wildman–Crippen MR) is 102 cm³/mol. The molecule has 27 heavy (non-hydrogen) atoms. The van der Waals surface area contributed by atoms with E-state index in [4.69, 9.17) is 10.8 Å². The van der Waals surface area contributed by atoms with Gasteiger partial charge in [-0.25, -0.2) is 4.79 Å². The predicted octanol–water partition coefficient (Wildman–Crippen LogP) is -1.77. The normalized spacial score (nSPS) is 17.6. The van der Waals surface area contributed by atoms with Gasteiger partial charge in [-0.1, -0.05) is 20.3 Å². The van der Waals surface area contributed by atoms with Crippen LogP contribution in [0, 0.1) is 5.92 Å². The van der Waals surface area contributed by atoms with Crippen molar-refractivity contribution < 1.29 is 29.4 Å². The summed E-state index contributed by atoms with van der Waals surface area (Å²) in [5.74, 6) is -3.82. The molecule has 0 radical (unpaired) electrons. The van der Waals surface area contributed by atoms with E-state index in [1.807, 2.05) is 6.92 Å². The largest absolute Gasteiger partial charge is 0.480 e. The summed E-state index contributed by atoms with van der Waals surface area (Å²) in [7, 11) is 0. The summed E-state index contributed by atoms with van der Waals surface area (Å²) >= 11 is 3.84. The van der Waals surface area contributed by atoms with E-state index in [0.717, 1.165) is 0 Å². The summed E-state index contributed by atoms with van der Waals surface area (Å²) in [4.78, 5) is 47.8. The lowest BCUT2D eigenvalue weighted by atomic mass is 9.97. The molecular weight excluding hydrogens is 376 g/mol. The van der Waals surface area contributed by atoms with Crippen LogP contribution < -0.4 is 21.7 Å². The first-order chi connectivity index (χ1) is 12.5. The molecule has 0 saturated heterocycles. The second-order valence-corrected chi connectivity index (χ2v) is 6.83. The fraction of sp³-hybridized carbons (Fsp3) is 0.750. The Labute approximate surface area is 164 Å². The van der Waals surface area contributed by atoms with Crippen LogP contribution in [0.1, 0.15) is 34.1 Å². The highest BCUT2D eigenvalue weighted by molar-refractivity contribution is 7.80. The fourth-order valence-electron chi connectivity index (χ4n) is 2.08. The van der Waals surface area contributed by atoms with E-state index in [0.29, 0.717) is 6.42 Å². The molecule has 11 heteroatoms. The van der Waals surface area contributed by atoms with Gasteiger partial charge >= 0.3 is 5.97 Å². The van der Waals surface area contributed by atoms with Crippen LogP contribution in [0.5, 0.6) is 0 Å². The quantitative estimate of drug-likeness (QED) is 0.199. The van der Waals surface area contributed by atoms with Crippen molar-refractivity contribution in [1.82, 2.24) is 16.0 Å². The Morgan fingerprint density at radius 3 is 1.81 bits per heavy atom. The highest BCUT2D eigenvalue weighted by Gasteiger charge is 2.33. The van der Waals surface area contributed by atoms with E-state index >= 15 is 0 Å². The molecule has 6 atom stereocenters. The Balaban J connectivity index is 5.32. The maximum absolute atomic E-state index is 12.6. The van der Waals surface area contributed by atoms with Crippen LogP contribution in [-0.2, 0) is 19.2 Å². The van der Waals surface area contributed by atoms with Gasteiger partial charge in [-0.05, 0) is 19.8 Å². The number of carbonyl (C=O) groups is 4. The average molecular weight is 407 g/mol. The first-order valence-corrected chi connectivity index (χ1v) is 9.27. The lowest BCUT2D eigenvalue weighted by Crippen LogP contribution is -2.61. The zero-order valence-electron chi connectivity index (χ0n) is 15.9. The zero-order valence-corrected chi connectivity index (χ0v) is 16.8. The molecule has 0 fully saturated rings. The minimum absolute atomic E-state index is 0.165. The number of aliphatic carboxylic acids is 1. The third-order valence-corrected chi connectivity index (χ3v) is 4.43. The van der Waals surface area contributed by atoms with E-state index in [-0.39, 0.29) is 11.7 Å². The first kappa shape index (κ1) is 25.1. The Morgan fingerprint density at radius 1 is 0.963 bits per heavy atom. The van der Waals surface area contributed by atoms with E-state index in [1.54, 1.807) is 6.92 Å². The molecule has 0 aliphatic rings. The lowest BCUT2D eigenvalue weighted by Gasteiger charge is -2.28. The Bertz CT molecular complexity index is 543. The second kappa shape index (κ2) is 11.8. The van der Waals surface area contributed by atoms with Crippen LogP contribution in [0.25, 0.3) is 0 Å². The second-order valence-electron chi connectivity index (χ2n) is 6.47. The van der Waals surface area contributed by atoms with Gasteiger partial charge in [-0.3, -0.25) is 14.4 Å². The number of aliphatic hydroxyl groups is 1. The third kappa shape index (κ3) is 8.14. The molecule has 0 saturated carbocycles. The van der Waals surface area contributed by atoms with Crippen molar-refractivity contribution in [3.8, 4) is 0 Å². The SMILES string of the molecule is CCC(C)C(NC(=O)C(C)N)C(=O)NC(C(=O)NC(CS)C(=O)O)C(C)O. The summed E-state index contributed by atoms with van der Waals surface area (Å²) < 4.78 is 0. The zero-order chi connectivity index (χ0) is 21.3. The number of amides is 3. The van der Waals surface area contributed by atoms with Gasteiger partial charge in [-0.2, -0.15) is 12.6 Å². The van der Waals surface area contributed by atoms with Crippen molar-refractivity contribution in [1.29, 1.82) is 0 Å². The summed E-state index contributed by atoms with van der Waals surface area (Å²) in [5.41, 5.74) is 5.51. The summed E-state index contributed by atoms with van der Waals surface area (Å²) in [6.07, 6.45) is -0.742. The number of rotatable bonds is 11. The van der Waals surface area contributed by atoms with Gasteiger partial charge in [0.2, 0.25) is 17.7 Å². The lowest BCUT2D eigenvalue weighted by molar-refractivity contribution is -0.142. The van der Waals surface area contributed by atoms with E-state index < -0.39 is 54.0 Å². The summed E-state index contributed by atoms with van der Waals surface area (Å²) in [6, 6.07) is -4.48. The molecule has 0 heterocycles. The number of hydrogen-bond donors (Lipinski definition) is 7. The monoisotopic (exact) mass is 406 g/mol. The van der Waals surface area contributed by atoms with E-state index in [2.05, 4.69) is 28.6 Å². The number of carbonyl (C=O) groups excluding carboxylic acids is 3. The molecule has 3 amide bonds. The van der Waals surface area contributed by atoms with Gasteiger partial charge in [0.05, 0.1) is 12.1 Å². The van der Waals surface area contributed by atoms with Gasteiger partial charge in [0.15, 0.2) is 0 Å². The molecule has 10 nitrogen and oxygen atoms in total. The van der Waals surface area contributed by atoms with Crippen LogP contribution in [0.3, 0.4) is 0 Å². The smallest absolute Gasteiger partial charge is 0.327 e. The van der Waals surface area contributed by atoms with Crippen LogP contribution in [0.4, 0.5) is 0 Å². The molecule has 0 spiro atoms. The summed E-state index contributed by atoms with van der Waals surface area (Å²) in [6.45, 7) is 6.31. The number of carboxylic acid groups (broad SMARTS) is 1. The third-order valence-electron chi connectivity index (χ3n) is 4.07. The maximum Gasteiger partial charge on any atom is 0.327 e. The molecule has 7 N–H and O–H groups in total. The average Bonchev–Trinajstić information content (AvgIpc) is 2.59. The maximum atomic E-state index is 12.6. The van der Waals surface area contributed by atoms with Gasteiger partial charge in [0, 0.05) is 5.75 Å². The minimum atomic E-state index is -1.40. The molecule has 0 rings (SSSR count). The van der Waals surface area contributed by atoms with E-state index in [9.17, 15) is 24.3 Å². The van der Waals surface area contributed by atoms with Crippen LogP contribution in [0.15, 0.2) is 0 Å². The standard InChI is InChI=1S/C16H30N4O6S/c1-5-7(2)11(19-13(22)8(3)17)14(23)20-12(9(4)21)15(24)18-10(6-27)16(25)26/h7-12,21,27H,5-6,17H2,1-4H3,(H,18,24)(H,19,22)(H,20,23)(H,25,26). The summed E-state index contributed by atoms with van der Waals surface area (Å²) in [5, 5.41) is 25.9. The molecule has 156 valence electrons. The van der Waals surface area contributed by atoms with Crippen molar-refractivity contribution in [2.45, 2.75) is 64.4 Å². The highest BCUT2D eigenvalue weighted by atomic mass is 32.1. The first-order valence-electron chi connectivity index (χ1n) is 8.64. The molecule has 0 bridgehead atoms. The molecule has 0 aliphatic carbocycles. The highest BCUT2D eigenvalue weighted by Crippen LogP contribution is 2.09. The van der Waals surface area contributed by atoms with Crippen molar-refractivity contribution in [3.05, 3.63) is 0 Å². The van der Waals surface area contributed by atoms with Gasteiger partial charge < -0.3 is 31.9 Å². The molecule has 0 aromatic carbocycles. The number of carboxylic acids is 1. The molecule has 0 aliphatic heterocycles. The molecule has 6 unspecified atom stereocenters. The van der Waals surface area contributed by atoms with Gasteiger partial charge in [0.1, 0.15) is 18.1 Å². The number of thiol groups is 1. The van der Waals surface area contributed by atoms with Crippen LogP contribution in [-0.4, -0.2) is 69.9 Å². The van der Waals surface area contributed by atoms with Crippen LogP contribution >= 0.6 is 12.6 Å². The van der Waals surface area contributed by atoms with Crippen molar-refractivity contribution in [2.75, 3.05) is 5.75 Å². The number of hydrogen-bond acceptors (Lipinski definition) is 7. The molecular formula is C16H30N4O6S. The minimum Gasteiger partial charge on any atom is -0.480 e. The Morgan fingerprint density at radius 2 is 1.44 bits per heavy atom. The van der Waals surface area contributed by atoms with Gasteiger partial charge in [0.25, 0.3) is 0 Å². The fourth-order valence-corrected chi connectivity index (χ4v) is 2.33. The van der Waals surface area contributed by atoms with Crippen LogP contribution in [0.2, 0.25) is 0 Å².